The molecule has 0 aliphatic carbocycles. The minimum atomic E-state index is 0.235. The first-order valence-electron chi connectivity index (χ1n) is 8.89. The van der Waals surface area contributed by atoms with Crippen LogP contribution in [0.5, 0.6) is 0 Å². The fourth-order valence-corrected chi connectivity index (χ4v) is 2.88. The van der Waals surface area contributed by atoms with Gasteiger partial charge in [-0.05, 0) is 37.5 Å². The number of nitrogens with zero attached hydrogens (tertiary/aromatic N) is 1. The van der Waals surface area contributed by atoms with E-state index in [0.717, 1.165) is 24.2 Å². The van der Waals surface area contributed by atoms with Gasteiger partial charge in [0.1, 0.15) is 0 Å². The van der Waals surface area contributed by atoms with Crippen molar-refractivity contribution in [3.63, 3.8) is 0 Å². The lowest BCUT2D eigenvalue weighted by Crippen LogP contribution is -2.04. The van der Waals surface area contributed by atoms with Crippen molar-refractivity contribution in [2.75, 3.05) is 0 Å². The second kappa shape index (κ2) is 12.2. The molecule has 0 rings (SSSR count). The van der Waals surface area contributed by atoms with Crippen LogP contribution in [0.1, 0.15) is 92.4 Å². The third-order valence-electron chi connectivity index (χ3n) is 4.59. The Balaban J connectivity index is 3.65. The Hall–Kier alpha value is -0.510. The Morgan fingerprint density at radius 3 is 1.90 bits per heavy atom. The quantitative estimate of drug-likeness (QED) is 0.395. The van der Waals surface area contributed by atoms with Crippen LogP contribution in [-0.2, 0) is 0 Å². The second-order valence-electron chi connectivity index (χ2n) is 7.24. The maximum absolute atomic E-state index is 8.84. The number of nitriles is 1. The Labute approximate surface area is 128 Å². The predicted molar refractivity (Wildman–Crippen MR) is 89.5 cm³/mol. The van der Waals surface area contributed by atoms with Gasteiger partial charge < -0.3 is 0 Å². The summed E-state index contributed by atoms with van der Waals surface area (Å²) in [4.78, 5) is 0. The van der Waals surface area contributed by atoms with Crippen molar-refractivity contribution in [3.05, 3.63) is 0 Å². The van der Waals surface area contributed by atoms with E-state index in [9.17, 15) is 0 Å². The molecule has 0 amide bonds. The zero-order valence-electron chi connectivity index (χ0n) is 14.6. The molecular weight excluding hydrogens is 242 g/mol. The molecule has 0 fully saturated rings. The summed E-state index contributed by atoms with van der Waals surface area (Å²) < 4.78 is 0. The molecule has 0 aliphatic rings. The van der Waals surface area contributed by atoms with Crippen LogP contribution >= 0.6 is 0 Å². The summed E-state index contributed by atoms with van der Waals surface area (Å²) >= 11 is 0. The molecule has 0 spiro atoms. The highest BCUT2D eigenvalue weighted by Gasteiger charge is 2.10. The molecule has 0 aromatic heterocycles. The molecular formula is C19H37N. The molecule has 0 heterocycles. The van der Waals surface area contributed by atoms with Gasteiger partial charge in [0, 0.05) is 5.92 Å². The summed E-state index contributed by atoms with van der Waals surface area (Å²) in [6, 6.07) is 2.35. The first-order valence-corrected chi connectivity index (χ1v) is 8.89. The van der Waals surface area contributed by atoms with Gasteiger partial charge in [-0.15, -0.1) is 0 Å². The van der Waals surface area contributed by atoms with Crippen LogP contribution in [0, 0.1) is 35.0 Å². The van der Waals surface area contributed by atoms with E-state index in [1.807, 2.05) is 6.92 Å². The summed E-state index contributed by atoms with van der Waals surface area (Å²) in [5, 5.41) is 8.84. The van der Waals surface area contributed by atoms with Gasteiger partial charge in [0.2, 0.25) is 0 Å². The van der Waals surface area contributed by atoms with Crippen LogP contribution in [0.25, 0.3) is 0 Å². The van der Waals surface area contributed by atoms with Crippen LogP contribution in [0.2, 0.25) is 0 Å². The van der Waals surface area contributed by atoms with Gasteiger partial charge in [-0.1, -0.05) is 72.6 Å². The predicted octanol–water partition coefficient (Wildman–Crippen LogP) is 6.59. The first-order chi connectivity index (χ1) is 9.49. The van der Waals surface area contributed by atoms with Crippen LogP contribution in [0.15, 0.2) is 0 Å². The zero-order valence-corrected chi connectivity index (χ0v) is 14.6. The maximum atomic E-state index is 8.84. The van der Waals surface area contributed by atoms with E-state index in [2.05, 4.69) is 33.8 Å². The van der Waals surface area contributed by atoms with E-state index in [-0.39, 0.29) is 5.92 Å². The van der Waals surface area contributed by atoms with Gasteiger partial charge in [0.15, 0.2) is 0 Å². The van der Waals surface area contributed by atoms with Crippen molar-refractivity contribution in [2.24, 2.45) is 23.7 Å². The van der Waals surface area contributed by atoms with Gasteiger partial charge in [-0.2, -0.15) is 5.26 Å². The molecule has 0 saturated heterocycles. The molecule has 0 radical (unpaired) electrons. The number of rotatable bonds is 12. The third kappa shape index (κ3) is 11.3. The summed E-state index contributed by atoms with van der Waals surface area (Å²) in [7, 11) is 0. The van der Waals surface area contributed by atoms with Crippen molar-refractivity contribution < 1.29 is 0 Å². The molecule has 0 saturated carbocycles. The van der Waals surface area contributed by atoms with E-state index >= 15 is 0 Å². The zero-order chi connectivity index (χ0) is 15.4. The molecule has 3 unspecified atom stereocenters. The van der Waals surface area contributed by atoms with Crippen LogP contribution in [0.4, 0.5) is 0 Å². The summed E-state index contributed by atoms with van der Waals surface area (Å²) in [5.74, 6) is 2.82. The van der Waals surface area contributed by atoms with Crippen LogP contribution < -0.4 is 0 Å². The van der Waals surface area contributed by atoms with Crippen molar-refractivity contribution in [1.29, 1.82) is 5.26 Å². The highest BCUT2D eigenvalue weighted by Crippen LogP contribution is 2.24. The molecule has 0 aromatic carbocycles. The topological polar surface area (TPSA) is 23.8 Å². The van der Waals surface area contributed by atoms with Gasteiger partial charge >= 0.3 is 0 Å². The van der Waals surface area contributed by atoms with Crippen LogP contribution in [-0.4, -0.2) is 0 Å². The summed E-state index contributed by atoms with van der Waals surface area (Å²) in [5.41, 5.74) is 0. The Morgan fingerprint density at radius 2 is 1.40 bits per heavy atom. The largest absolute Gasteiger partial charge is 0.198 e. The minimum Gasteiger partial charge on any atom is -0.198 e. The Bertz CT molecular complexity index is 251. The highest BCUT2D eigenvalue weighted by atomic mass is 14.3. The summed E-state index contributed by atoms with van der Waals surface area (Å²) in [6.07, 6.45) is 11.9. The van der Waals surface area contributed by atoms with E-state index in [0.29, 0.717) is 0 Å². The lowest BCUT2D eigenvalue weighted by atomic mass is 9.88. The molecule has 20 heavy (non-hydrogen) atoms. The SMILES string of the molecule is CCC(CCCC(C)CCCC(C)C)CCC(C)C#N. The fourth-order valence-electron chi connectivity index (χ4n) is 2.88. The Morgan fingerprint density at radius 1 is 0.800 bits per heavy atom. The van der Waals surface area contributed by atoms with Gasteiger partial charge in [-0.3, -0.25) is 0 Å². The molecule has 118 valence electrons. The Kier molecular flexibility index (Phi) is 11.9. The molecule has 1 nitrogen and oxygen atoms in total. The van der Waals surface area contributed by atoms with Crippen LogP contribution in [0.3, 0.4) is 0 Å². The normalized spacial score (nSPS) is 15.8. The maximum Gasteiger partial charge on any atom is 0.0652 e. The lowest BCUT2D eigenvalue weighted by molar-refractivity contribution is 0.360. The second-order valence-corrected chi connectivity index (χ2v) is 7.24. The molecule has 0 N–H and O–H groups in total. The average Bonchev–Trinajstić information content (AvgIpc) is 2.41. The van der Waals surface area contributed by atoms with E-state index < -0.39 is 0 Å². The lowest BCUT2D eigenvalue weighted by Gasteiger charge is -2.17. The number of hydrogen-bond acceptors (Lipinski definition) is 1. The van der Waals surface area contributed by atoms with Gasteiger partial charge in [-0.25, -0.2) is 0 Å². The fraction of sp³-hybridized carbons (Fsp3) is 0.947. The van der Waals surface area contributed by atoms with Crippen molar-refractivity contribution in [1.82, 2.24) is 0 Å². The molecule has 0 bridgehead atoms. The van der Waals surface area contributed by atoms with Crippen molar-refractivity contribution >= 4 is 0 Å². The van der Waals surface area contributed by atoms with Crippen molar-refractivity contribution in [2.45, 2.75) is 92.4 Å². The highest BCUT2D eigenvalue weighted by molar-refractivity contribution is 4.79. The number of hydrogen-bond donors (Lipinski definition) is 0. The molecule has 1 heteroatoms. The first kappa shape index (κ1) is 19.5. The van der Waals surface area contributed by atoms with Gasteiger partial charge in [0.25, 0.3) is 0 Å². The molecule has 3 atom stereocenters. The minimum absolute atomic E-state index is 0.235. The van der Waals surface area contributed by atoms with E-state index in [1.165, 1.54) is 51.4 Å². The standard InChI is InChI=1S/C19H37N/c1-6-19(14-13-18(5)15-20)12-8-11-17(4)10-7-9-16(2)3/h16-19H,6-14H2,1-5H3. The van der Waals surface area contributed by atoms with Gasteiger partial charge in [0.05, 0.1) is 6.07 Å². The average molecular weight is 280 g/mol. The third-order valence-corrected chi connectivity index (χ3v) is 4.59. The monoisotopic (exact) mass is 279 g/mol. The molecule has 0 aliphatic heterocycles. The smallest absolute Gasteiger partial charge is 0.0652 e. The van der Waals surface area contributed by atoms with E-state index in [4.69, 9.17) is 5.26 Å². The molecule has 0 aromatic rings. The summed E-state index contributed by atoms with van der Waals surface area (Å²) in [6.45, 7) is 11.4. The van der Waals surface area contributed by atoms with E-state index in [1.54, 1.807) is 0 Å². The van der Waals surface area contributed by atoms with Crippen molar-refractivity contribution in [3.8, 4) is 6.07 Å².